The Bertz CT molecular complexity index is 565. The van der Waals surface area contributed by atoms with Gasteiger partial charge in [-0.25, -0.2) is 0 Å². The van der Waals surface area contributed by atoms with Crippen LogP contribution in [0.15, 0.2) is 24.4 Å². The summed E-state index contributed by atoms with van der Waals surface area (Å²) >= 11 is 5.86. The van der Waals surface area contributed by atoms with Crippen molar-refractivity contribution in [3.05, 3.63) is 29.4 Å². The lowest BCUT2D eigenvalue weighted by Gasteiger charge is -2.14. The van der Waals surface area contributed by atoms with Gasteiger partial charge in [-0.2, -0.15) is 10.4 Å². The lowest BCUT2D eigenvalue weighted by molar-refractivity contribution is 0.462. The molecule has 0 amide bonds. The fourth-order valence-electron chi connectivity index (χ4n) is 1.49. The Morgan fingerprint density at radius 3 is 3.06 bits per heavy atom. The molecule has 1 heterocycles. The second kappa shape index (κ2) is 3.78. The van der Waals surface area contributed by atoms with E-state index in [2.05, 4.69) is 5.10 Å². The molecular weight excluding hydrogens is 224 g/mol. The molecule has 0 aliphatic rings. The standard InChI is InChI=1S/C11H11ClN4/c1-11(14,6-13)7-16-5-8-2-3-9(12)4-10(8)15-16/h2-5H,7,14H2,1H3/t11-/m0/s1. The van der Waals surface area contributed by atoms with Crippen molar-refractivity contribution in [3.63, 3.8) is 0 Å². The second-order valence-electron chi connectivity index (χ2n) is 4.06. The van der Waals surface area contributed by atoms with Crippen molar-refractivity contribution in [1.29, 1.82) is 5.26 Å². The van der Waals surface area contributed by atoms with Crippen molar-refractivity contribution >= 4 is 22.5 Å². The number of halogens is 1. The summed E-state index contributed by atoms with van der Waals surface area (Å²) in [5.74, 6) is 0. The summed E-state index contributed by atoms with van der Waals surface area (Å²) in [5, 5.41) is 14.8. The molecule has 16 heavy (non-hydrogen) atoms. The summed E-state index contributed by atoms with van der Waals surface area (Å²) in [6, 6.07) is 7.52. The number of rotatable bonds is 2. The van der Waals surface area contributed by atoms with Gasteiger partial charge in [-0.05, 0) is 25.1 Å². The zero-order valence-corrected chi connectivity index (χ0v) is 9.57. The highest BCUT2D eigenvalue weighted by atomic mass is 35.5. The molecular formula is C11H11ClN4. The van der Waals surface area contributed by atoms with Crippen LogP contribution in [0.4, 0.5) is 0 Å². The number of hydrogen-bond acceptors (Lipinski definition) is 3. The fraction of sp³-hybridized carbons (Fsp3) is 0.273. The minimum atomic E-state index is -0.911. The predicted octanol–water partition coefficient (Wildman–Crippen LogP) is 1.93. The normalized spacial score (nSPS) is 14.6. The topological polar surface area (TPSA) is 67.6 Å². The van der Waals surface area contributed by atoms with Gasteiger partial charge in [0.15, 0.2) is 0 Å². The summed E-state index contributed by atoms with van der Waals surface area (Å²) in [6.45, 7) is 2.03. The third-order valence-electron chi connectivity index (χ3n) is 2.26. The van der Waals surface area contributed by atoms with Crippen LogP contribution in [0.1, 0.15) is 6.92 Å². The van der Waals surface area contributed by atoms with Crippen LogP contribution in [-0.4, -0.2) is 15.3 Å². The van der Waals surface area contributed by atoms with E-state index < -0.39 is 5.54 Å². The molecule has 0 aliphatic heterocycles. The van der Waals surface area contributed by atoms with E-state index in [-0.39, 0.29) is 0 Å². The van der Waals surface area contributed by atoms with Crippen LogP contribution in [-0.2, 0) is 6.54 Å². The van der Waals surface area contributed by atoms with Crippen LogP contribution in [0, 0.1) is 11.3 Å². The molecule has 2 N–H and O–H groups in total. The average molecular weight is 235 g/mol. The maximum Gasteiger partial charge on any atom is 0.121 e. The Labute approximate surface area is 98.2 Å². The number of nitriles is 1. The van der Waals surface area contributed by atoms with Crippen molar-refractivity contribution in [2.75, 3.05) is 0 Å². The number of nitrogens with two attached hydrogens (primary N) is 1. The number of hydrogen-bond donors (Lipinski definition) is 1. The van der Waals surface area contributed by atoms with Crippen molar-refractivity contribution in [2.24, 2.45) is 5.73 Å². The van der Waals surface area contributed by atoms with Gasteiger partial charge in [0.25, 0.3) is 0 Å². The number of aromatic nitrogens is 2. The van der Waals surface area contributed by atoms with Gasteiger partial charge < -0.3 is 5.73 Å². The quantitative estimate of drug-likeness (QED) is 0.863. The van der Waals surface area contributed by atoms with Crippen LogP contribution in [0.3, 0.4) is 0 Å². The molecule has 5 heteroatoms. The van der Waals surface area contributed by atoms with Gasteiger partial charge in [0.2, 0.25) is 0 Å². The van der Waals surface area contributed by atoms with Crippen molar-refractivity contribution in [3.8, 4) is 6.07 Å². The van der Waals surface area contributed by atoms with Gasteiger partial charge >= 0.3 is 0 Å². The first-order valence-corrected chi connectivity index (χ1v) is 5.21. The molecule has 0 aliphatic carbocycles. The fourth-order valence-corrected chi connectivity index (χ4v) is 1.66. The molecule has 2 aromatic rings. The van der Waals surface area contributed by atoms with Crippen LogP contribution in [0.25, 0.3) is 10.9 Å². The Morgan fingerprint density at radius 2 is 2.38 bits per heavy atom. The highest BCUT2D eigenvalue weighted by molar-refractivity contribution is 6.31. The molecule has 4 nitrogen and oxygen atoms in total. The molecule has 0 bridgehead atoms. The van der Waals surface area contributed by atoms with E-state index in [9.17, 15) is 0 Å². The van der Waals surface area contributed by atoms with E-state index in [1.165, 1.54) is 0 Å². The van der Waals surface area contributed by atoms with Crippen molar-refractivity contribution < 1.29 is 0 Å². The van der Waals surface area contributed by atoms with Gasteiger partial charge in [-0.1, -0.05) is 11.6 Å². The van der Waals surface area contributed by atoms with E-state index >= 15 is 0 Å². The number of fused-ring (bicyclic) bond motifs is 1. The zero-order valence-electron chi connectivity index (χ0n) is 8.81. The first-order chi connectivity index (χ1) is 7.50. The van der Waals surface area contributed by atoms with Crippen LogP contribution in [0.2, 0.25) is 5.02 Å². The molecule has 0 unspecified atom stereocenters. The van der Waals surface area contributed by atoms with Crippen LogP contribution < -0.4 is 5.73 Å². The van der Waals surface area contributed by atoms with Crippen LogP contribution in [0.5, 0.6) is 0 Å². The lowest BCUT2D eigenvalue weighted by atomic mass is 10.1. The van der Waals surface area contributed by atoms with Crippen LogP contribution >= 0.6 is 11.6 Å². The molecule has 0 saturated carbocycles. The van der Waals surface area contributed by atoms with E-state index in [0.717, 1.165) is 10.9 Å². The van der Waals surface area contributed by atoms with E-state index in [1.807, 2.05) is 24.4 Å². The minimum Gasteiger partial charge on any atom is -0.312 e. The highest BCUT2D eigenvalue weighted by Gasteiger charge is 2.18. The molecule has 0 fully saturated rings. The molecule has 1 aromatic carbocycles. The molecule has 0 saturated heterocycles. The van der Waals surface area contributed by atoms with E-state index in [4.69, 9.17) is 22.6 Å². The minimum absolute atomic E-state index is 0.357. The summed E-state index contributed by atoms with van der Waals surface area (Å²) in [7, 11) is 0. The Kier molecular flexibility index (Phi) is 2.58. The van der Waals surface area contributed by atoms with E-state index in [0.29, 0.717) is 11.6 Å². The first kappa shape index (κ1) is 10.9. The predicted molar refractivity (Wildman–Crippen MR) is 62.9 cm³/mol. The monoisotopic (exact) mass is 234 g/mol. The first-order valence-electron chi connectivity index (χ1n) is 4.83. The smallest absolute Gasteiger partial charge is 0.121 e. The summed E-state index contributed by atoms with van der Waals surface area (Å²) in [6.07, 6.45) is 1.86. The molecule has 1 atom stereocenters. The zero-order chi connectivity index (χ0) is 11.8. The molecule has 82 valence electrons. The summed E-state index contributed by atoms with van der Waals surface area (Å²) in [5.41, 5.74) is 5.65. The average Bonchev–Trinajstić information content (AvgIpc) is 2.58. The summed E-state index contributed by atoms with van der Waals surface area (Å²) in [4.78, 5) is 0. The van der Waals surface area contributed by atoms with Gasteiger partial charge in [0.05, 0.1) is 18.1 Å². The largest absolute Gasteiger partial charge is 0.312 e. The van der Waals surface area contributed by atoms with Gasteiger partial charge in [-0.15, -0.1) is 0 Å². The highest BCUT2D eigenvalue weighted by Crippen LogP contribution is 2.18. The van der Waals surface area contributed by atoms with Crippen molar-refractivity contribution in [2.45, 2.75) is 19.0 Å². The summed E-state index contributed by atoms with van der Waals surface area (Å²) < 4.78 is 1.67. The Morgan fingerprint density at radius 1 is 1.62 bits per heavy atom. The number of nitrogens with zero attached hydrogens (tertiary/aromatic N) is 3. The Balaban J connectivity index is 2.38. The van der Waals surface area contributed by atoms with E-state index in [1.54, 1.807) is 17.7 Å². The Hall–Kier alpha value is -1.57. The second-order valence-corrected chi connectivity index (χ2v) is 4.50. The van der Waals surface area contributed by atoms with Gasteiger partial charge in [0, 0.05) is 16.6 Å². The maximum absolute atomic E-state index is 8.84. The maximum atomic E-state index is 8.84. The lowest BCUT2D eigenvalue weighted by Crippen LogP contribution is -2.39. The third kappa shape index (κ3) is 2.16. The molecule has 0 spiro atoms. The third-order valence-corrected chi connectivity index (χ3v) is 2.50. The van der Waals surface area contributed by atoms with Gasteiger partial charge in [0.1, 0.15) is 5.54 Å². The number of benzene rings is 1. The molecule has 0 radical (unpaired) electrons. The molecule has 1 aromatic heterocycles. The SMILES string of the molecule is C[C@](N)(C#N)Cn1cc2ccc(Cl)cc2n1. The van der Waals surface area contributed by atoms with Gasteiger partial charge in [-0.3, -0.25) is 4.68 Å². The van der Waals surface area contributed by atoms with Crippen molar-refractivity contribution in [1.82, 2.24) is 9.78 Å². The molecule has 2 rings (SSSR count).